The number of hydrogen-bond donors (Lipinski definition) is 1. The van der Waals surface area contributed by atoms with Gasteiger partial charge in [0.15, 0.2) is 0 Å². The van der Waals surface area contributed by atoms with Gasteiger partial charge in [-0.15, -0.1) is 3.74 Å². The van der Waals surface area contributed by atoms with Crippen molar-refractivity contribution in [3.63, 3.8) is 0 Å². The van der Waals surface area contributed by atoms with Crippen LogP contribution in [0.3, 0.4) is 0 Å². The van der Waals surface area contributed by atoms with E-state index in [2.05, 4.69) is 15.6 Å². The summed E-state index contributed by atoms with van der Waals surface area (Å²) in [5.74, 6) is 0. The van der Waals surface area contributed by atoms with E-state index in [9.17, 15) is 8.42 Å². The van der Waals surface area contributed by atoms with Gasteiger partial charge < -0.3 is 0 Å². The monoisotopic (exact) mass is 166 g/mol. The Kier molecular flexibility index (Phi) is 5.25. The molecule has 46 valence electrons. The molecule has 0 aromatic carbocycles. The standard InChI is InChI=1S/ClHO4S.H2S/c1-5-6(2,3)4;/h(H,2,3,4);1H2. The summed E-state index contributed by atoms with van der Waals surface area (Å²) in [6.07, 6.45) is 0. The van der Waals surface area contributed by atoms with Crippen LogP contribution in [0.1, 0.15) is 0 Å². The normalized spacial score (nSPS) is 10.0. The van der Waals surface area contributed by atoms with E-state index in [0.717, 1.165) is 0 Å². The van der Waals surface area contributed by atoms with E-state index < -0.39 is 10.4 Å². The Labute approximate surface area is 53.0 Å². The van der Waals surface area contributed by atoms with Crippen molar-refractivity contribution in [2.24, 2.45) is 0 Å². The Morgan fingerprint density at radius 2 is 1.71 bits per heavy atom. The number of halogens is 1. The summed E-state index contributed by atoms with van der Waals surface area (Å²) in [4.78, 5) is 0. The summed E-state index contributed by atoms with van der Waals surface area (Å²) in [6, 6.07) is 0. The van der Waals surface area contributed by atoms with Crippen LogP contribution in [-0.4, -0.2) is 13.0 Å². The number of rotatable bonds is 1. The zero-order chi connectivity index (χ0) is 5.21. The lowest BCUT2D eigenvalue weighted by Crippen LogP contribution is -1.92. The molecular formula is H3ClO4S2. The molecule has 0 bridgehead atoms. The van der Waals surface area contributed by atoms with Crippen molar-refractivity contribution in [2.45, 2.75) is 0 Å². The molecule has 0 heterocycles. The average molecular weight is 167 g/mol. The van der Waals surface area contributed by atoms with Gasteiger partial charge in [-0.3, -0.25) is 4.55 Å². The Morgan fingerprint density at radius 3 is 1.71 bits per heavy atom. The van der Waals surface area contributed by atoms with Crippen LogP contribution in [0.5, 0.6) is 0 Å². The summed E-state index contributed by atoms with van der Waals surface area (Å²) in [7, 11) is -4.40. The quantitative estimate of drug-likeness (QED) is 0.560. The molecule has 0 saturated heterocycles. The predicted octanol–water partition coefficient (Wildman–Crippen LogP) is 0.0724. The van der Waals surface area contributed by atoms with Crippen LogP contribution in [0.2, 0.25) is 0 Å². The smallest absolute Gasteiger partial charge is 0.263 e. The summed E-state index contributed by atoms with van der Waals surface area (Å²) < 4.78 is 28.8. The highest BCUT2D eigenvalue weighted by Gasteiger charge is 1.97. The van der Waals surface area contributed by atoms with Gasteiger partial charge in [0.1, 0.15) is 0 Å². The maximum absolute atomic E-state index is 9.20. The molecule has 1 N–H and O–H groups in total. The molecule has 0 spiro atoms. The van der Waals surface area contributed by atoms with E-state index in [0.29, 0.717) is 0 Å². The lowest BCUT2D eigenvalue weighted by atomic mass is 15.8. The fourth-order valence-electron chi connectivity index (χ4n) is 0. The second kappa shape index (κ2) is 3.50. The van der Waals surface area contributed by atoms with Crippen molar-refractivity contribution < 1.29 is 16.7 Å². The highest BCUT2D eigenvalue weighted by molar-refractivity contribution is 7.81. The van der Waals surface area contributed by atoms with E-state index in [4.69, 9.17) is 4.55 Å². The van der Waals surface area contributed by atoms with Crippen LogP contribution in [0.4, 0.5) is 0 Å². The Hall–Kier alpha value is 0.510. The van der Waals surface area contributed by atoms with E-state index in [1.807, 2.05) is 0 Å². The minimum Gasteiger partial charge on any atom is -0.263 e. The SMILES string of the molecule is O=S(=O)(O)OCl.S. The molecule has 0 aliphatic rings. The van der Waals surface area contributed by atoms with E-state index in [1.165, 1.54) is 0 Å². The van der Waals surface area contributed by atoms with Crippen molar-refractivity contribution in [2.75, 3.05) is 0 Å². The van der Waals surface area contributed by atoms with Crippen LogP contribution >= 0.6 is 25.4 Å². The molecule has 0 aromatic heterocycles. The highest BCUT2D eigenvalue weighted by atomic mass is 35.5. The van der Waals surface area contributed by atoms with E-state index in [1.54, 1.807) is 0 Å². The van der Waals surface area contributed by atoms with Gasteiger partial charge >= 0.3 is 10.4 Å². The molecule has 0 aliphatic heterocycles. The first-order valence-electron chi connectivity index (χ1n) is 0.837. The lowest BCUT2D eigenvalue weighted by molar-refractivity contribution is 0.400. The minimum absolute atomic E-state index is 0. The third-order valence-electron chi connectivity index (χ3n) is 0.0796. The van der Waals surface area contributed by atoms with E-state index >= 15 is 0 Å². The fraction of sp³-hybridized carbons (Fsp3) is 0. The molecule has 7 heteroatoms. The van der Waals surface area contributed by atoms with Crippen LogP contribution in [0.15, 0.2) is 0 Å². The van der Waals surface area contributed by atoms with Crippen molar-refractivity contribution >= 4 is 35.8 Å². The largest absolute Gasteiger partial charge is 0.413 e. The maximum Gasteiger partial charge on any atom is 0.413 e. The zero-order valence-electron chi connectivity index (χ0n) is 2.96. The van der Waals surface area contributed by atoms with Crippen molar-refractivity contribution in [1.29, 1.82) is 0 Å². The molecule has 0 fully saturated rings. The maximum atomic E-state index is 9.20. The molecule has 0 aliphatic carbocycles. The molecule has 0 aromatic rings. The Morgan fingerprint density at radius 1 is 1.57 bits per heavy atom. The summed E-state index contributed by atoms with van der Waals surface area (Å²) in [5, 5.41) is 0. The molecule has 0 saturated carbocycles. The average Bonchev–Trinajstić information content (AvgIpc) is 1.35. The van der Waals surface area contributed by atoms with Gasteiger partial charge in [-0.05, 0) is 0 Å². The molecule has 0 amide bonds. The van der Waals surface area contributed by atoms with Gasteiger partial charge in [-0.1, -0.05) is 0 Å². The molecule has 0 radical (unpaired) electrons. The van der Waals surface area contributed by atoms with Gasteiger partial charge in [-0.25, -0.2) is 0 Å². The van der Waals surface area contributed by atoms with Gasteiger partial charge in [0, 0.05) is 0 Å². The first kappa shape index (κ1) is 10.5. The second-order valence-electron chi connectivity index (χ2n) is 0.491. The van der Waals surface area contributed by atoms with Crippen LogP contribution in [0.25, 0.3) is 0 Å². The topological polar surface area (TPSA) is 63.6 Å². The minimum atomic E-state index is -4.40. The summed E-state index contributed by atoms with van der Waals surface area (Å²) >= 11 is 4.14. The van der Waals surface area contributed by atoms with Crippen LogP contribution in [0, 0.1) is 0 Å². The third-order valence-corrected chi connectivity index (χ3v) is 0.716. The molecule has 0 unspecified atom stereocenters. The van der Waals surface area contributed by atoms with Crippen molar-refractivity contribution in [3.05, 3.63) is 0 Å². The fourth-order valence-corrected chi connectivity index (χ4v) is 0. The first-order valence-corrected chi connectivity index (χ1v) is 2.51. The lowest BCUT2D eigenvalue weighted by Gasteiger charge is -1.77. The molecular weight excluding hydrogens is 164 g/mol. The van der Waals surface area contributed by atoms with Crippen molar-refractivity contribution in [1.82, 2.24) is 0 Å². The second-order valence-corrected chi connectivity index (χ2v) is 1.85. The molecule has 4 nitrogen and oxygen atoms in total. The van der Waals surface area contributed by atoms with Crippen LogP contribution in [-0.2, 0) is 14.1 Å². The first-order chi connectivity index (χ1) is 2.56. The predicted molar refractivity (Wildman–Crippen MR) is 28.9 cm³/mol. The number of hydrogen-bond acceptors (Lipinski definition) is 3. The van der Waals surface area contributed by atoms with Crippen molar-refractivity contribution in [3.8, 4) is 0 Å². The van der Waals surface area contributed by atoms with Gasteiger partial charge in [0.05, 0.1) is 11.9 Å². The van der Waals surface area contributed by atoms with E-state index in [-0.39, 0.29) is 13.5 Å². The zero-order valence-corrected chi connectivity index (χ0v) is 5.53. The summed E-state index contributed by atoms with van der Waals surface area (Å²) in [5.41, 5.74) is 0. The van der Waals surface area contributed by atoms with Gasteiger partial charge in [0.25, 0.3) is 0 Å². The Bertz CT molecular complexity index is 112. The van der Waals surface area contributed by atoms with Gasteiger partial charge in [-0.2, -0.15) is 21.9 Å². The summed E-state index contributed by atoms with van der Waals surface area (Å²) in [6.45, 7) is 0. The molecule has 0 atom stereocenters. The molecule has 0 rings (SSSR count). The van der Waals surface area contributed by atoms with Crippen LogP contribution < -0.4 is 0 Å². The van der Waals surface area contributed by atoms with Gasteiger partial charge in [0.2, 0.25) is 0 Å². The Balaban J connectivity index is 0. The third kappa shape index (κ3) is 10.7. The molecule has 7 heavy (non-hydrogen) atoms. The highest BCUT2D eigenvalue weighted by Crippen LogP contribution is 1.86.